The smallest absolute Gasteiger partial charge is 0.247 e. The molecule has 6 N–H and O–H groups in total. The van der Waals surface area contributed by atoms with E-state index in [1.165, 1.54) is 0 Å². The highest BCUT2D eigenvalue weighted by Gasteiger charge is 1.95. The summed E-state index contributed by atoms with van der Waals surface area (Å²) in [6.07, 6.45) is 0. The summed E-state index contributed by atoms with van der Waals surface area (Å²) in [7, 11) is 0. The summed E-state index contributed by atoms with van der Waals surface area (Å²) in [5.41, 5.74) is 14.1. The highest BCUT2D eigenvalue weighted by atomic mass is 16.2. The number of nitrogens with two attached hydrogens (primary N) is 2. The Morgan fingerprint density at radius 2 is 2.00 bits per heavy atom. The molecule has 0 spiro atoms. The number of nitrogens with one attached hydrogen (secondary N) is 2. The number of primary amides is 1. The van der Waals surface area contributed by atoms with Gasteiger partial charge in [-0.15, -0.1) is 0 Å². The number of carbonyl (C=O) groups is 2. The van der Waals surface area contributed by atoms with Crippen LogP contribution in [-0.2, 0) is 9.59 Å². The second kappa shape index (κ2) is 4.71. The molecule has 6 heteroatoms. The third-order valence-electron chi connectivity index (χ3n) is 0.676. The van der Waals surface area contributed by atoms with Gasteiger partial charge in [0.25, 0.3) is 0 Å². The third-order valence-corrected chi connectivity index (χ3v) is 0.676. The normalized spacial score (nSPS) is 8.90. The topological polar surface area (TPSA) is 110 Å². The van der Waals surface area contributed by atoms with Gasteiger partial charge in [-0.05, 0) is 0 Å². The molecule has 0 aromatic heterocycles. The van der Waals surface area contributed by atoms with E-state index < -0.39 is 5.91 Å². The Balaban J connectivity index is 3.20. The molecule has 0 saturated carbocycles. The van der Waals surface area contributed by atoms with Gasteiger partial charge in [0.15, 0.2) is 0 Å². The predicted molar refractivity (Wildman–Crippen MR) is 34.4 cm³/mol. The summed E-state index contributed by atoms with van der Waals surface area (Å²) < 4.78 is 0. The van der Waals surface area contributed by atoms with Crippen molar-refractivity contribution in [2.45, 2.75) is 0 Å². The van der Waals surface area contributed by atoms with Gasteiger partial charge in [-0.3, -0.25) is 15.0 Å². The second-order valence-corrected chi connectivity index (χ2v) is 1.57. The molecule has 0 bridgehead atoms. The van der Waals surface area contributed by atoms with Crippen molar-refractivity contribution in [2.24, 2.45) is 11.5 Å². The SMILES string of the molecule is NCC(=O)NNCC(N)=O. The minimum Gasteiger partial charge on any atom is -0.369 e. The molecule has 0 aromatic rings. The maximum atomic E-state index is 10.3. The maximum absolute atomic E-state index is 10.3. The van der Waals surface area contributed by atoms with E-state index in [9.17, 15) is 9.59 Å². The molecule has 0 aliphatic carbocycles. The average Bonchev–Trinajstić information content (AvgIpc) is 1.87. The lowest BCUT2D eigenvalue weighted by Crippen LogP contribution is -2.44. The van der Waals surface area contributed by atoms with Gasteiger partial charge in [-0.25, -0.2) is 5.43 Å². The Labute approximate surface area is 57.9 Å². The van der Waals surface area contributed by atoms with Crippen LogP contribution in [0.2, 0.25) is 0 Å². The Hall–Kier alpha value is -1.14. The van der Waals surface area contributed by atoms with Crippen molar-refractivity contribution >= 4 is 11.8 Å². The van der Waals surface area contributed by atoms with Gasteiger partial charge in [0.05, 0.1) is 13.1 Å². The first-order chi connectivity index (χ1) is 4.66. The van der Waals surface area contributed by atoms with Crippen LogP contribution in [0.4, 0.5) is 0 Å². The molecular weight excluding hydrogens is 136 g/mol. The minimum atomic E-state index is -0.544. The van der Waals surface area contributed by atoms with Gasteiger partial charge in [0.1, 0.15) is 0 Å². The monoisotopic (exact) mass is 146 g/mol. The molecular formula is C4H10N4O2. The molecule has 0 saturated heterocycles. The first kappa shape index (κ1) is 8.86. The number of hydrogen-bond donors (Lipinski definition) is 4. The number of hydrazine groups is 1. The maximum Gasteiger partial charge on any atom is 0.247 e. The Morgan fingerprint density at radius 3 is 2.40 bits per heavy atom. The molecule has 0 radical (unpaired) electrons. The van der Waals surface area contributed by atoms with Gasteiger partial charge in [-0.1, -0.05) is 0 Å². The molecule has 0 heterocycles. The Morgan fingerprint density at radius 1 is 1.40 bits per heavy atom. The number of rotatable bonds is 4. The first-order valence-electron chi connectivity index (χ1n) is 2.67. The van der Waals surface area contributed by atoms with E-state index in [-0.39, 0.29) is 19.0 Å². The molecule has 0 aliphatic heterocycles. The van der Waals surface area contributed by atoms with Crippen LogP contribution in [0.25, 0.3) is 0 Å². The van der Waals surface area contributed by atoms with E-state index >= 15 is 0 Å². The molecule has 10 heavy (non-hydrogen) atoms. The second-order valence-electron chi connectivity index (χ2n) is 1.57. The van der Waals surface area contributed by atoms with Crippen LogP contribution in [-0.4, -0.2) is 24.9 Å². The van der Waals surface area contributed by atoms with Crippen LogP contribution in [0.3, 0.4) is 0 Å². The standard InChI is InChI=1S/C4H10N4O2/c5-1-4(10)8-7-2-3(6)9/h7H,1-2,5H2,(H2,6,9)(H,8,10). The zero-order valence-corrected chi connectivity index (χ0v) is 5.39. The van der Waals surface area contributed by atoms with Crippen molar-refractivity contribution in [1.82, 2.24) is 10.9 Å². The van der Waals surface area contributed by atoms with Crippen molar-refractivity contribution in [3.8, 4) is 0 Å². The lowest BCUT2D eigenvalue weighted by atomic mass is 10.6. The Kier molecular flexibility index (Phi) is 4.17. The fourth-order valence-corrected chi connectivity index (χ4v) is 0.281. The van der Waals surface area contributed by atoms with E-state index in [0.717, 1.165) is 0 Å². The lowest BCUT2D eigenvalue weighted by molar-refractivity contribution is -0.121. The zero-order chi connectivity index (χ0) is 7.98. The summed E-state index contributed by atoms with van der Waals surface area (Å²) >= 11 is 0. The van der Waals surface area contributed by atoms with Crippen molar-refractivity contribution in [2.75, 3.05) is 13.1 Å². The average molecular weight is 146 g/mol. The number of amides is 2. The first-order valence-corrected chi connectivity index (χ1v) is 2.67. The van der Waals surface area contributed by atoms with Crippen LogP contribution < -0.4 is 22.3 Å². The van der Waals surface area contributed by atoms with Gasteiger partial charge < -0.3 is 11.5 Å². The van der Waals surface area contributed by atoms with Gasteiger partial charge in [0, 0.05) is 0 Å². The molecule has 2 amide bonds. The highest BCUT2D eigenvalue weighted by molar-refractivity contribution is 5.79. The van der Waals surface area contributed by atoms with Crippen LogP contribution >= 0.6 is 0 Å². The fourth-order valence-electron chi connectivity index (χ4n) is 0.281. The lowest BCUT2D eigenvalue weighted by Gasteiger charge is -2.01. The molecule has 0 aromatic carbocycles. The van der Waals surface area contributed by atoms with Gasteiger partial charge >= 0.3 is 0 Å². The minimum absolute atomic E-state index is 0.0915. The fraction of sp³-hybridized carbons (Fsp3) is 0.500. The predicted octanol–water partition coefficient (Wildman–Crippen LogP) is -2.95. The molecule has 0 unspecified atom stereocenters. The zero-order valence-electron chi connectivity index (χ0n) is 5.39. The molecule has 0 fully saturated rings. The summed E-state index contributed by atoms with van der Waals surface area (Å²) in [5.74, 6) is -0.932. The van der Waals surface area contributed by atoms with E-state index in [1.807, 2.05) is 0 Å². The van der Waals surface area contributed by atoms with Crippen LogP contribution in [0.1, 0.15) is 0 Å². The van der Waals surface area contributed by atoms with Crippen LogP contribution in [0.5, 0.6) is 0 Å². The Bertz CT molecular complexity index is 135. The molecule has 6 nitrogen and oxygen atoms in total. The van der Waals surface area contributed by atoms with E-state index in [0.29, 0.717) is 0 Å². The summed E-state index contributed by atoms with van der Waals surface area (Å²) in [5, 5.41) is 0. The molecule has 0 aliphatic rings. The van der Waals surface area contributed by atoms with E-state index in [2.05, 4.69) is 10.9 Å². The van der Waals surface area contributed by atoms with Gasteiger partial charge in [-0.2, -0.15) is 0 Å². The van der Waals surface area contributed by atoms with Crippen molar-refractivity contribution < 1.29 is 9.59 Å². The quantitative estimate of drug-likeness (QED) is 0.318. The number of hydrogen-bond acceptors (Lipinski definition) is 4. The number of carbonyl (C=O) groups excluding carboxylic acids is 2. The van der Waals surface area contributed by atoms with E-state index in [4.69, 9.17) is 11.5 Å². The highest BCUT2D eigenvalue weighted by Crippen LogP contribution is 1.54. The van der Waals surface area contributed by atoms with Crippen molar-refractivity contribution in [3.05, 3.63) is 0 Å². The van der Waals surface area contributed by atoms with Crippen molar-refractivity contribution in [1.29, 1.82) is 0 Å². The summed E-state index contributed by atoms with van der Waals surface area (Å²) in [6, 6.07) is 0. The summed E-state index contributed by atoms with van der Waals surface area (Å²) in [4.78, 5) is 20.4. The molecule has 58 valence electrons. The van der Waals surface area contributed by atoms with Gasteiger partial charge in [0.2, 0.25) is 11.8 Å². The molecule has 0 rings (SSSR count). The molecule has 0 atom stereocenters. The van der Waals surface area contributed by atoms with Crippen LogP contribution in [0.15, 0.2) is 0 Å². The van der Waals surface area contributed by atoms with Crippen LogP contribution in [0, 0.1) is 0 Å². The summed E-state index contributed by atoms with van der Waals surface area (Å²) in [6.45, 7) is -0.211. The largest absolute Gasteiger partial charge is 0.369 e. The third kappa shape index (κ3) is 5.01. The van der Waals surface area contributed by atoms with Crippen molar-refractivity contribution in [3.63, 3.8) is 0 Å². The van der Waals surface area contributed by atoms with E-state index in [1.54, 1.807) is 0 Å².